The van der Waals surface area contributed by atoms with Gasteiger partial charge < -0.3 is 24.5 Å². The van der Waals surface area contributed by atoms with Gasteiger partial charge in [-0.05, 0) is 50.7 Å². The van der Waals surface area contributed by atoms with Crippen molar-refractivity contribution < 1.29 is 14.6 Å². The first kappa shape index (κ1) is 25.1. The van der Waals surface area contributed by atoms with E-state index < -0.39 is 5.41 Å². The van der Waals surface area contributed by atoms with Crippen LogP contribution in [0.25, 0.3) is 5.65 Å². The normalized spacial score (nSPS) is 25.7. The van der Waals surface area contributed by atoms with Gasteiger partial charge in [-0.3, -0.25) is 9.78 Å². The van der Waals surface area contributed by atoms with E-state index in [2.05, 4.69) is 27.9 Å². The summed E-state index contributed by atoms with van der Waals surface area (Å²) in [5.41, 5.74) is 1.67. The van der Waals surface area contributed by atoms with Crippen molar-refractivity contribution in [3.63, 3.8) is 0 Å². The zero-order valence-electron chi connectivity index (χ0n) is 22.3. The van der Waals surface area contributed by atoms with E-state index in [1.54, 1.807) is 12.4 Å². The highest BCUT2D eigenvalue weighted by Crippen LogP contribution is 2.37. The molecule has 0 spiro atoms. The summed E-state index contributed by atoms with van der Waals surface area (Å²) < 4.78 is 8.10. The number of rotatable bonds is 2. The third-order valence-corrected chi connectivity index (χ3v) is 8.29. The molecular formula is C28H37N7O3. The number of aliphatic hydroxyl groups excluding tert-OH is 1. The molecule has 38 heavy (non-hydrogen) atoms. The number of piperidine rings is 1. The number of carbonyl (C=O) groups excluding carboxylic acids is 1. The number of amides is 1. The molecule has 2 atom stereocenters. The molecule has 3 aromatic heterocycles. The first-order valence-corrected chi connectivity index (χ1v) is 13.8. The maximum absolute atomic E-state index is 14.4. The number of aromatic nitrogens is 4. The molecule has 2 fully saturated rings. The fourth-order valence-electron chi connectivity index (χ4n) is 5.90. The zero-order chi connectivity index (χ0) is 26.3. The largest absolute Gasteiger partial charge is 0.389 e. The lowest BCUT2D eigenvalue weighted by atomic mass is 9.81. The molecule has 3 aliphatic rings. The van der Waals surface area contributed by atoms with Crippen LogP contribution >= 0.6 is 0 Å². The first-order chi connectivity index (χ1) is 18.4. The summed E-state index contributed by atoms with van der Waals surface area (Å²) in [6, 6.07) is 7.83. The van der Waals surface area contributed by atoms with Gasteiger partial charge in [-0.1, -0.05) is 6.07 Å². The Morgan fingerprint density at radius 3 is 2.76 bits per heavy atom. The van der Waals surface area contributed by atoms with Crippen LogP contribution in [-0.2, 0) is 14.9 Å². The monoisotopic (exact) mass is 519 g/mol. The Morgan fingerprint density at radius 1 is 1.13 bits per heavy atom. The SMILES string of the molecule is CN1CCCCOCC(C)(c2cccnc2)C(=O)N2CCCC[C@H]2c2cc3nc(N4CC(O)C4)cc1n3n2. The lowest BCUT2D eigenvalue weighted by molar-refractivity contribution is -0.143. The summed E-state index contributed by atoms with van der Waals surface area (Å²) in [6.45, 7) is 5.59. The number of nitrogens with zero attached hydrogens (tertiary/aromatic N) is 7. The predicted molar refractivity (Wildman–Crippen MR) is 144 cm³/mol. The summed E-state index contributed by atoms with van der Waals surface area (Å²) >= 11 is 0. The van der Waals surface area contributed by atoms with Gasteiger partial charge in [0.05, 0.1) is 29.9 Å². The van der Waals surface area contributed by atoms with E-state index >= 15 is 0 Å². The second-order valence-corrected chi connectivity index (χ2v) is 11.1. The van der Waals surface area contributed by atoms with E-state index in [4.69, 9.17) is 14.8 Å². The highest BCUT2D eigenvalue weighted by Gasteiger charge is 2.43. The van der Waals surface area contributed by atoms with Crippen LogP contribution in [-0.4, -0.2) is 88.0 Å². The van der Waals surface area contributed by atoms with Crippen molar-refractivity contribution in [2.75, 3.05) is 56.2 Å². The van der Waals surface area contributed by atoms with E-state index in [1.807, 2.05) is 34.5 Å². The fraction of sp³-hybridized carbons (Fsp3) is 0.571. The van der Waals surface area contributed by atoms with E-state index in [0.29, 0.717) is 32.8 Å². The van der Waals surface area contributed by atoms with Gasteiger partial charge in [0.15, 0.2) is 5.65 Å². The quantitative estimate of drug-likeness (QED) is 0.552. The van der Waals surface area contributed by atoms with Crippen LogP contribution in [0.5, 0.6) is 0 Å². The van der Waals surface area contributed by atoms with Crippen LogP contribution in [0.4, 0.5) is 11.6 Å². The molecule has 10 nitrogen and oxygen atoms in total. The molecule has 2 saturated heterocycles. The number of pyridine rings is 1. The van der Waals surface area contributed by atoms with Gasteiger partial charge in [0.25, 0.3) is 0 Å². The van der Waals surface area contributed by atoms with Crippen molar-refractivity contribution in [3.8, 4) is 0 Å². The van der Waals surface area contributed by atoms with Crippen molar-refractivity contribution in [1.29, 1.82) is 0 Å². The third kappa shape index (κ3) is 4.49. The van der Waals surface area contributed by atoms with E-state index in [1.165, 1.54) is 0 Å². The second-order valence-electron chi connectivity index (χ2n) is 11.1. The molecule has 1 unspecified atom stereocenters. The Morgan fingerprint density at radius 2 is 1.97 bits per heavy atom. The van der Waals surface area contributed by atoms with Gasteiger partial charge in [0.2, 0.25) is 5.91 Å². The third-order valence-electron chi connectivity index (χ3n) is 8.29. The molecule has 6 rings (SSSR count). The molecule has 1 N–H and O–H groups in total. The molecule has 3 aromatic rings. The molecule has 0 saturated carbocycles. The number of ether oxygens (including phenoxy) is 1. The van der Waals surface area contributed by atoms with E-state index in [-0.39, 0.29) is 18.1 Å². The fourth-order valence-corrected chi connectivity index (χ4v) is 5.90. The number of aliphatic hydroxyl groups is 1. The second kappa shape index (κ2) is 10.1. The number of hydrogen-bond donors (Lipinski definition) is 1. The Hall–Kier alpha value is -3.24. The number of β-amino-alcohol motifs (C(OH)–C–C–N with tert-alkyl or cyclic N) is 1. The number of fused-ring (bicyclic) bond motifs is 3. The smallest absolute Gasteiger partial charge is 0.235 e. The molecule has 6 heterocycles. The molecule has 1 amide bonds. The number of carbonyl (C=O) groups is 1. The molecule has 0 aromatic carbocycles. The van der Waals surface area contributed by atoms with Crippen LogP contribution in [0.15, 0.2) is 36.7 Å². The molecule has 0 radical (unpaired) electrons. The lowest BCUT2D eigenvalue weighted by Crippen LogP contribution is -2.51. The van der Waals surface area contributed by atoms with Crippen LogP contribution in [0.3, 0.4) is 0 Å². The van der Waals surface area contributed by atoms with Crippen LogP contribution in [0.1, 0.15) is 56.3 Å². The standard InChI is InChI=1S/C28H37N7O3/c1-28(20-8-7-10-29-16-20)19-38-13-6-5-11-32(2)26-15-24(33-17-21(36)18-33)30-25-14-22(31-35(25)26)23-9-3-4-12-34(23)27(28)37/h7-8,10,14-16,21,23,36H,3-6,9,11-13,17-19H2,1-2H3/t23-,28?/m0/s1. The zero-order valence-corrected chi connectivity index (χ0v) is 22.3. The van der Waals surface area contributed by atoms with Gasteiger partial charge in [-0.15, -0.1) is 0 Å². The number of anilines is 2. The summed E-state index contributed by atoms with van der Waals surface area (Å²) in [6.07, 6.45) is 7.91. The average Bonchev–Trinajstić information content (AvgIpc) is 3.36. The Labute approximate surface area is 223 Å². The Kier molecular flexibility index (Phi) is 6.69. The minimum Gasteiger partial charge on any atom is -0.389 e. The van der Waals surface area contributed by atoms with Crippen molar-refractivity contribution in [2.45, 2.75) is 56.6 Å². The highest BCUT2D eigenvalue weighted by molar-refractivity contribution is 5.88. The van der Waals surface area contributed by atoms with Gasteiger partial charge in [-0.2, -0.15) is 9.61 Å². The molecule has 3 aliphatic heterocycles. The van der Waals surface area contributed by atoms with Crippen LogP contribution in [0, 0.1) is 0 Å². The van der Waals surface area contributed by atoms with E-state index in [9.17, 15) is 9.90 Å². The van der Waals surface area contributed by atoms with Crippen molar-refractivity contribution >= 4 is 23.2 Å². The minimum atomic E-state index is -0.838. The summed E-state index contributed by atoms with van der Waals surface area (Å²) in [5.74, 6) is 1.87. The topological polar surface area (TPSA) is 99.3 Å². The average molecular weight is 520 g/mol. The summed E-state index contributed by atoms with van der Waals surface area (Å²) in [5, 5.41) is 14.9. The minimum absolute atomic E-state index is 0.0580. The Balaban J connectivity index is 1.44. The predicted octanol–water partition coefficient (Wildman–Crippen LogP) is 2.56. The highest BCUT2D eigenvalue weighted by atomic mass is 16.5. The summed E-state index contributed by atoms with van der Waals surface area (Å²) in [4.78, 5) is 29.9. The Bertz CT molecular complexity index is 1290. The first-order valence-electron chi connectivity index (χ1n) is 13.8. The molecular weight excluding hydrogens is 482 g/mol. The van der Waals surface area contributed by atoms with Crippen LogP contribution < -0.4 is 9.80 Å². The maximum atomic E-state index is 14.4. The lowest BCUT2D eigenvalue weighted by Gasteiger charge is -2.41. The number of hydrogen-bond acceptors (Lipinski definition) is 8. The van der Waals surface area contributed by atoms with Crippen molar-refractivity contribution in [1.82, 2.24) is 24.5 Å². The van der Waals surface area contributed by atoms with Gasteiger partial charge in [0, 0.05) is 64.4 Å². The van der Waals surface area contributed by atoms with E-state index in [0.717, 1.165) is 67.2 Å². The maximum Gasteiger partial charge on any atom is 0.235 e. The molecule has 10 heteroatoms. The van der Waals surface area contributed by atoms with Crippen molar-refractivity contribution in [2.24, 2.45) is 0 Å². The van der Waals surface area contributed by atoms with Gasteiger partial charge in [-0.25, -0.2) is 4.98 Å². The van der Waals surface area contributed by atoms with Crippen molar-refractivity contribution in [3.05, 3.63) is 47.9 Å². The molecule has 202 valence electrons. The van der Waals surface area contributed by atoms with Gasteiger partial charge in [0.1, 0.15) is 11.6 Å². The van der Waals surface area contributed by atoms with Crippen LogP contribution in [0.2, 0.25) is 0 Å². The van der Waals surface area contributed by atoms with Gasteiger partial charge >= 0.3 is 0 Å². The summed E-state index contributed by atoms with van der Waals surface area (Å²) in [7, 11) is 2.08. The molecule has 2 bridgehead atoms. The molecule has 0 aliphatic carbocycles.